The summed E-state index contributed by atoms with van der Waals surface area (Å²) in [4.78, 5) is 0. The minimum atomic E-state index is 0.267. The van der Waals surface area contributed by atoms with Crippen molar-refractivity contribution in [2.24, 2.45) is 5.73 Å². The maximum absolute atomic E-state index is 6.15. The number of benzene rings is 1. The monoisotopic (exact) mass is 208 g/mol. The number of piperidine rings is 1. The lowest BCUT2D eigenvalue weighted by atomic mass is 9.87. The fraction of sp³-hybridized carbons (Fsp3) is 0.455. The van der Waals surface area contributed by atoms with Gasteiger partial charge in [-0.1, -0.05) is 39.7 Å². The van der Waals surface area contributed by atoms with E-state index < -0.39 is 0 Å². The van der Waals surface area contributed by atoms with Gasteiger partial charge in [0.25, 0.3) is 0 Å². The molecule has 1 fully saturated rings. The predicted octanol–water partition coefficient (Wildman–Crippen LogP) is 1.59. The number of rotatable bonds is 1. The van der Waals surface area contributed by atoms with Crippen LogP contribution in [-0.2, 0) is 0 Å². The molecular formula is C11H17N2P. The van der Waals surface area contributed by atoms with Crippen LogP contribution in [0.3, 0.4) is 0 Å². The van der Waals surface area contributed by atoms with E-state index in [2.05, 4.69) is 44.4 Å². The van der Waals surface area contributed by atoms with Crippen molar-refractivity contribution in [1.82, 2.24) is 4.67 Å². The van der Waals surface area contributed by atoms with Gasteiger partial charge in [-0.3, -0.25) is 4.67 Å². The van der Waals surface area contributed by atoms with Crippen molar-refractivity contribution in [1.29, 1.82) is 0 Å². The van der Waals surface area contributed by atoms with E-state index >= 15 is 0 Å². The van der Waals surface area contributed by atoms with Crippen molar-refractivity contribution >= 4 is 9.39 Å². The summed E-state index contributed by atoms with van der Waals surface area (Å²) in [5, 5.41) is 0. The Morgan fingerprint density at radius 3 is 2.64 bits per heavy atom. The molecule has 0 aromatic heterocycles. The number of nitrogens with two attached hydrogens (primary N) is 1. The highest BCUT2D eigenvalue weighted by Crippen LogP contribution is 2.28. The van der Waals surface area contributed by atoms with Crippen molar-refractivity contribution in [2.45, 2.75) is 18.4 Å². The molecule has 0 bridgehead atoms. The van der Waals surface area contributed by atoms with Crippen LogP contribution >= 0.6 is 9.39 Å². The highest BCUT2D eigenvalue weighted by Gasteiger charge is 2.25. The van der Waals surface area contributed by atoms with Crippen molar-refractivity contribution in [3.63, 3.8) is 0 Å². The quantitative estimate of drug-likeness (QED) is 0.710. The summed E-state index contributed by atoms with van der Waals surface area (Å²) in [6.45, 7) is 2.10. The van der Waals surface area contributed by atoms with Gasteiger partial charge >= 0.3 is 0 Å². The molecule has 0 aliphatic carbocycles. The molecule has 0 saturated carbocycles. The lowest BCUT2D eigenvalue weighted by Gasteiger charge is -2.34. The molecule has 1 aliphatic rings. The minimum absolute atomic E-state index is 0.267. The van der Waals surface area contributed by atoms with Crippen LogP contribution in [0.25, 0.3) is 0 Å². The molecule has 1 aromatic rings. The molecule has 0 spiro atoms. The van der Waals surface area contributed by atoms with E-state index in [-0.39, 0.29) is 6.04 Å². The zero-order chi connectivity index (χ0) is 9.97. The number of hydrogen-bond donors (Lipinski definition) is 1. The Balaban J connectivity index is 2.12. The first-order valence-corrected chi connectivity index (χ1v) is 5.59. The molecule has 76 valence electrons. The van der Waals surface area contributed by atoms with E-state index in [4.69, 9.17) is 5.73 Å². The van der Waals surface area contributed by atoms with Gasteiger partial charge in [-0.05, 0) is 12.0 Å². The number of hydrogen-bond acceptors (Lipinski definition) is 2. The standard InChI is InChI=1S/C11H17N2P/c12-11-8-13(14)7-6-10(11)9-4-2-1-3-5-9/h1-5,10-11H,6-8,12,14H2/t10-,11+/m1/s1. The second-order valence-corrected chi connectivity index (χ2v) is 4.69. The fourth-order valence-corrected chi connectivity index (χ4v) is 2.51. The van der Waals surface area contributed by atoms with Crippen molar-refractivity contribution < 1.29 is 0 Å². The zero-order valence-electron chi connectivity index (χ0n) is 8.26. The van der Waals surface area contributed by atoms with Gasteiger partial charge in [-0.2, -0.15) is 0 Å². The van der Waals surface area contributed by atoms with Gasteiger partial charge in [-0.25, -0.2) is 0 Å². The first-order valence-electron chi connectivity index (χ1n) is 5.07. The third-order valence-corrected chi connectivity index (χ3v) is 3.39. The maximum Gasteiger partial charge on any atom is 0.0241 e. The van der Waals surface area contributed by atoms with Crippen LogP contribution in [0.1, 0.15) is 17.9 Å². The van der Waals surface area contributed by atoms with Crippen LogP contribution in [0, 0.1) is 0 Å². The topological polar surface area (TPSA) is 29.3 Å². The Labute approximate surface area is 87.7 Å². The zero-order valence-corrected chi connectivity index (χ0v) is 9.42. The average Bonchev–Trinajstić information content (AvgIpc) is 2.19. The van der Waals surface area contributed by atoms with E-state index in [0.29, 0.717) is 5.92 Å². The summed E-state index contributed by atoms with van der Waals surface area (Å²) >= 11 is 0. The highest BCUT2D eigenvalue weighted by molar-refractivity contribution is 7.13. The largest absolute Gasteiger partial charge is 0.326 e. The van der Waals surface area contributed by atoms with Crippen molar-refractivity contribution in [3.8, 4) is 0 Å². The van der Waals surface area contributed by atoms with Crippen LogP contribution in [0.4, 0.5) is 0 Å². The van der Waals surface area contributed by atoms with Crippen LogP contribution in [-0.4, -0.2) is 23.8 Å². The lowest BCUT2D eigenvalue weighted by Crippen LogP contribution is -2.43. The van der Waals surface area contributed by atoms with Crippen LogP contribution in [0.15, 0.2) is 30.3 Å². The molecular weight excluding hydrogens is 191 g/mol. The van der Waals surface area contributed by atoms with Gasteiger partial charge in [0.15, 0.2) is 0 Å². The van der Waals surface area contributed by atoms with E-state index in [1.54, 1.807) is 0 Å². The van der Waals surface area contributed by atoms with E-state index in [0.717, 1.165) is 19.5 Å². The fourth-order valence-electron chi connectivity index (χ4n) is 2.12. The Bertz CT molecular complexity index is 289. The predicted molar refractivity (Wildman–Crippen MR) is 63.1 cm³/mol. The molecule has 1 heterocycles. The van der Waals surface area contributed by atoms with Gasteiger partial charge in [-0.15, -0.1) is 0 Å². The summed E-state index contributed by atoms with van der Waals surface area (Å²) < 4.78 is 2.23. The molecule has 3 heteroatoms. The van der Waals surface area contributed by atoms with E-state index in [9.17, 15) is 0 Å². The average molecular weight is 208 g/mol. The normalized spacial score (nSPS) is 29.0. The third-order valence-electron chi connectivity index (χ3n) is 2.92. The summed E-state index contributed by atoms with van der Waals surface area (Å²) in [6.07, 6.45) is 1.16. The summed E-state index contributed by atoms with van der Waals surface area (Å²) in [5.41, 5.74) is 7.53. The van der Waals surface area contributed by atoms with E-state index in [1.807, 2.05) is 0 Å². The lowest BCUT2D eigenvalue weighted by molar-refractivity contribution is 0.306. The maximum atomic E-state index is 6.15. The minimum Gasteiger partial charge on any atom is -0.326 e. The molecule has 0 amide bonds. The Hall–Kier alpha value is -0.430. The van der Waals surface area contributed by atoms with Gasteiger partial charge in [0.05, 0.1) is 0 Å². The first-order chi connectivity index (χ1) is 6.77. The van der Waals surface area contributed by atoms with Crippen molar-refractivity contribution in [3.05, 3.63) is 35.9 Å². The molecule has 1 aliphatic heterocycles. The molecule has 1 unspecified atom stereocenters. The SMILES string of the molecule is N[C@H]1CN(P)CC[C@@H]1c1ccccc1. The third kappa shape index (κ3) is 2.14. The van der Waals surface area contributed by atoms with Crippen LogP contribution in [0.5, 0.6) is 0 Å². The van der Waals surface area contributed by atoms with Gasteiger partial charge < -0.3 is 5.73 Å². The first kappa shape index (κ1) is 10.1. The van der Waals surface area contributed by atoms with Crippen LogP contribution in [0.2, 0.25) is 0 Å². The number of nitrogens with zero attached hydrogens (tertiary/aromatic N) is 1. The molecule has 2 N–H and O–H groups in total. The Morgan fingerprint density at radius 2 is 2.00 bits per heavy atom. The summed E-state index contributed by atoms with van der Waals surface area (Å²) in [6, 6.07) is 10.9. The van der Waals surface area contributed by atoms with Crippen LogP contribution < -0.4 is 5.73 Å². The second kappa shape index (κ2) is 4.39. The van der Waals surface area contributed by atoms with Gasteiger partial charge in [0.1, 0.15) is 0 Å². The summed E-state index contributed by atoms with van der Waals surface area (Å²) in [5.74, 6) is 0.535. The smallest absolute Gasteiger partial charge is 0.0241 e. The molecule has 3 atom stereocenters. The Kier molecular flexibility index (Phi) is 3.17. The molecule has 1 saturated heterocycles. The molecule has 2 nitrogen and oxygen atoms in total. The molecule has 1 aromatic carbocycles. The highest BCUT2D eigenvalue weighted by atomic mass is 31.0. The summed E-state index contributed by atoms with van der Waals surface area (Å²) in [7, 11) is 2.74. The Morgan fingerprint density at radius 1 is 1.29 bits per heavy atom. The van der Waals surface area contributed by atoms with Gasteiger partial charge in [0.2, 0.25) is 0 Å². The molecule has 2 rings (SSSR count). The van der Waals surface area contributed by atoms with E-state index in [1.165, 1.54) is 5.56 Å². The molecule has 0 radical (unpaired) electrons. The second-order valence-electron chi connectivity index (χ2n) is 3.96. The van der Waals surface area contributed by atoms with Gasteiger partial charge in [0, 0.05) is 25.0 Å². The molecule has 14 heavy (non-hydrogen) atoms. The van der Waals surface area contributed by atoms with Crippen molar-refractivity contribution in [2.75, 3.05) is 13.1 Å².